The van der Waals surface area contributed by atoms with Crippen LogP contribution in [0.2, 0.25) is 0 Å². The Bertz CT molecular complexity index is 863. The van der Waals surface area contributed by atoms with E-state index in [-0.39, 0.29) is 10.8 Å². The third kappa shape index (κ3) is 2.58. The van der Waals surface area contributed by atoms with E-state index in [2.05, 4.69) is 0 Å². The second kappa shape index (κ2) is 5.42. The fourth-order valence-corrected chi connectivity index (χ4v) is 4.51. The van der Waals surface area contributed by atoms with E-state index in [1.165, 1.54) is 18.2 Å². The number of sulfone groups is 1. The summed E-state index contributed by atoms with van der Waals surface area (Å²) >= 11 is 0. The lowest BCUT2D eigenvalue weighted by Crippen LogP contribution is -2.48. The molecule has 0 amide bonds. The van der Waals surface area contributed by atoms with Gasteiger partial charge in [0.25, 0.3) is 0 Å². The third-order valence-corrected chi connectivity index (χ3v) is 6.03. The molecule has 122 valence electrons. The minimum Gasteiger partial charge on any atom is -0.317 e. The molecule has 2 N–H and O–H groups in total. The summed E-state index contributed by atoms with van der Waals surface area (Å²) < 4.78 is 38.3. The first kappa shape index (κ1) is 16.1. The summed E-state index contributed by atoms with van der Waals surface area (Å²) in [6.45, 7) is 1.99. The molecular weight excluding hydrogens is 313 g/mol. The van der Waals surface area contributed by atoms with Gasteiger partial charge in [0.05, 0.1) is 10.4 Å². The van der Waals surface area contributed by atoms with Crippen LogP contribution in [-0.4, -0.2) is 14.7 Å². The summed E-state index contributed by atoms with van der Waals surface area (Å²) in [7, 11) is -3.51. The van der Waals surface area contributed by atoms with E-state index in [0.29, 0.717) is 5.56 Å². The van der Waals surface area contributed by atoms with Crippen molar-refractivity contribution in [3.8, 4) is 0 Å². The van der Waals surface area contributed by atoms with Crippen LogP contribution in [0.4, 0.5) is 4.39 Å². The Morgan fingerprint density at radius 3 is 2.57 bits per heavy atom. The molecule has 1 aliphatic rings. The van der Waals surface area contributed by atoms with Crippen LogP contribution in [0.15, 0.2) is 47.4 Å². The summed E-state index contributed by atoms with van der Waals surface area (Å²) in [5, 5.41) is 0. The predicted octanol–water partition coefficient (Wildman–Crippen LogP) is 3.01. The van der Waals surface area contributed by atoms with Gasteiger partial charge in [0.1, 0.15) is 5.82 Å². The smallest absolute Gasteiger partial charge is 0.175 e. The fraction of sp³-hybridized carbons (Fsp3) is 0.333. The molecule has 0 spiro atoms. The Kier molecular flexibility index (Phi) is 3.81. The lowest BCUT2D eigenvalue weighted by Gasteiger charge is -2.42. The van der Waals surface area contributed by atoms with Gasteiger partial charge in [0.15, 0.2) is 9.84 Å². The topological polar surface area (TPSA) is 60.2 Å². The summed E-state index contributed by atoms with van der Waals surface area (Å²) in [6.07, 6.45) is 2.85. The van der Waals surface area contributed by atoms with Gasteiger partial charge in [0, 0.05) is 6.26 Å². The number of hydrogen-bond acceptors (Lipinski definition) is 3. The summed E-state index contributed by atoms with van der Waals surface area (Å²) in [5.74, 6) is -0.479. The molecule has 0 heterocycles. The van der Waals surface area contributed by atoms with Crippen molar-refractivity contribution in [1.29, 1.82) is 0 Å². The van der Waals surface area contributed by atoms with Crippen molar-refractivity contribution < 1.29 is 12.8 Å². The summed E-state index contributed by atoms with van der Waals surface area (Å²) in [6, 6.07) is 11.5. The molecule has 0 fully saturated rings. The quantitative estimate of drug-likeness (QED) is 0.860. The maximum Gasteiger partial charge on any atom is 0.175 e. The van der Waals surface area contributed by atoms with Crippen LogP contribution in [0.25, 0.3) is 0 Å². The van der Waals surface area contributed by atoms with E-state index in [1.807, 2.05) is 31.2 Å². The summed E-state index contributed by atoms with van der Waals surface area (Å²) in [4.78, 5) is 0.102. The van der Waals surface area contributed by atoms with Gasteiger partial charge >= 0.3 is 0 Å². The molecule has 0 aromatic heterocycles. The van der Waals surface area contributed by atoms with Crippen LogP contribution in [0.3, 0.4) is 0 Å². The van der Waals surface area contributed by atoms with E-state index in [0.717, 1.165) is 30.2 Å². The van der Waals surface area contributed by atoms with Crippen LogP contribution in [0.5, 0.6) is 0 Å². The standard InChI is InChI=1S/C18H20FNO2S/c1-12-7-8-13-5-3-4-6-15(13)18(12,20)16-11-14(19)9-10-17(16)23(2,21)22/h3-6,9-12H,7-8,20H2,1-2H3. The highest BCUT2D eigenvalue weighted by molar-refractivity contribution is 7.90. The first-order chi connectivity index (χ1) is 10.7. The average molecular weight is 333 g/mol. The van der Waals surface area contributed by atoms with E-state index in [4.69, 9.17) is 5.73 Å². The number of aryl methyl sites for hydroxylation is 1. The van der Waals surface area contributed by atoms with Crippen molar-refractivity contribution in [3.63, 3.8) is 0 Å². The molecular formula is C18H20FNO2S. The molecule has 0 aliphatic heterocycles. The SMILES string of the molecule is CC1CCc2ccccc2C1(N)c1cc(F)ccc1S(C)(=O)=O. The Morgan fingerprint density at radius 2 is 1.87 bits per heavy atom. The molecule has 0 saturated heterocycles. The molecule has 23 heavy (non-hydrogen) atoms. The molecule has 2 atom stereocenters. The van der Waals surface area contributed by atoms with E-state index >= 15 is 0 Å². The second-order valence-corrected chi connectivity index (χ2v) is 8.36. The second-order valence-electron chi connectivity index (χ2n) is 6.38. The lowest BCUT2D eigenvalue weighted by molar-refractivity contribution is 0.306. The van der Waals surface area contributed by atoms with Crippen LogP contribution in [0.1, 0.15) is 30.0 Å². The van der Waals surface area contributed by atoms with E-state index in [9.17, 15) is 12.8 Å². The average Bonchev–Trinajstić information content (AvgIpc) is 2.50. The highest BCUT2D eigenvalue weighted by atomic mass is 32.2. The van der Waals surface area contributed by atoms with Crippen molar-refractivity contribution in [2.24, 2.45) is 11.7 Å². The van der Waals surface area contributed by atoms with Crippen LogP contribution < -0.4 is 5.73 Å². The number of hydrogen-bond donors (Lipinski definition) is 1. The third-order valence-electron chi connectivity index (χ3n) is 4.87. The highest BCUT2D eigenvalue weighted by Crippen LogP contribution is 2.44. The number of benzene rings is 2. The van der Waals surface area contributed by atoms with Crippen molar-refractivity contribution in [2.45, 2.75) is 30.2 Å². The lowest BCUT2D eigenvalue weighted by atomic mass is 9.67. The maximum absolute atomic E-state index is 13.9. The van der Waals surface area contributed by atoms with Crippen molar-refractivity contribution >= 4 is 9.84 Å². The molecule has 0 bridgehead atoms. The van der Waals surface area contributed by atoms with Crippen LogP contribution in [0, 0.1) is 11.7 Å². The zero-order valence-electron chi connectivity index (χ0n) is 13.2. The molecule has 2 aromatic carbocycles. The van der Waals surface area contributed by atoms with Crippen LogP contribution >= 0.6 is 0 Å². The van der Waals surface area contributed by atoms with Gasteiger partial charge in [-0.2, -0.15) is 0 Å². The Labute approximate surface area is 136 Å². The van der Waals surface area contributed by atoms with Gasteiger partial charge in [-0.25, -0.2) is 12.8 Å². The molecule has 2 aromatic rings. The molecule has 0 saturated carbocycles. The van der Waals surface area contributed by atoms with Gasteiger partial charge in [0.2, 0.25) is 0 Å². The number of rotatable bonds is 2. The fourth-order valence-electron chi connectivity index (χ4n) is 3.57. The van der Waals surface area contributed by atoms with Gasteiger partial charge in [-0.05, 0) is 53.6 Å². The normalized spacial score (nSPS) is 24.3. The molecule has 1 aliphatic carbocycles. The van der Waals surface area contributed by atoms with E-state index < -0.39 is 21.2 Å². The van der Waals surface area contributed by atoms with Gasteiger partial charge in [-0.1, -0.05) is 31.2 Å². The zero-order chi connectivity index (χ0) is 16.8. The first-order valence-corrected chi connectivity index (χ1v) is 9.51. The predicted molar refractivity (Wildman–Crippen MR) is 88.4 cm³/mol. The molecule has 2 unspecified atom stereocenters. The van der Waals surface area contributed by atoms with Crippen LogP contribution in [-0.2, 0) is 21.8 Å². The van der Waals surface area contributed by atoms with Gasteiger partial charge in [-0.15, -0.1) is 0 Å². The zero-order valence-corrected chi connectivity index (χ0v) is 14.0. The van der Waals surface area contributed by atoms with E-state index in [1.54, 1.807) is 0 Å². The van der Waals surface area contributed by atoms with Crippen molar-refractivity contribution in [2.75, 3.05) is 6.26 Å². The largest absolute Gasteiger partial charge is 0.317 e. The molecule has 5 heteroatoms. The Hall–Kier alpha value is -1.72. The number of halogens is 1. The Balaban J connectivity index is 2.35. The minimum atomic E-state index is -3.51. The molecule has 3 rings (SSSR count). The van der Waals surface area contributed by atoms with Crippen molar-refractivity contribution in [3.05, 3.63) is 65.0 Å². The summed E-state index contributed by atoms with van der Waals surface area (Å²) in [5.41, 5.74) is 8.08. The van der Waals surface area contributed by atoms with Crippen molar-refractivity contribution in [1.82, 2.24) is 0 Å². The number of nitrogens with two attached hydrogens (primary N) is 1. The van der Waals surface area contributed by atoms with Gasteiger partial charge < -0.3 is 5.73 Å². The number of fused-ring (bicyclic) bond motifs is 1. The molecule has 0 radical (unpaired) electrons. The maximum atomic E-state index is 13.9. The molecule has 3 nitrogen and oxygen atoms in total. The minimum absolute atomic E-state index is 0.000278. The Morgan fingerprint density at radius 1 is 1.17 bits per heavy atom. The highest BCUT2D eigenvalue weighted by Gasteiger charge is 2.42. The monoisotopic (exact) mass is 333 g/mol. The first-order valence-electron chi connectivity index (χ1n) is 7.62. The van der Waals surface area contributed by atoms with Gasteiger partial charge in [-0.3, -0.25) is 0 Å².